The number of benzene rings is 1. The minimum Gasteiger partial charge on any atom is -0.339 e. The Morgan fingerprint density at radius 2 is 1.54 bits per heavy atom. The second-order valence-electron chi connectivity index (χ2n) is 7.43. The van der Waals surface area contributed by atoms with Gasteiger partial charge < -0.3 is 9.80 Å². The molecule has 7 nitrogen and oxygen atoms in total. The Labute approximate surface area is 166 Å². The number of carbonyl (C=O) groups is 2. The molecule has 2 aliphatic heterocycles. The maximum atomic E-state index is 13.6. The molecule has 0 aliphatic carbocycles. The van der Waals surface area contributed by atoms with Gasteiger partial charge in [0.05, 0.1) is 11.7 Å². The van der Waals surface area contributed by atoms with Gasteiger partial charge in [0.25, 0.3) is 0 Å². The van der Waals surface area contributed by atoms with Crippen LogP contribution in [0.4, 0.5) is 0 Å². The molecule has 0 N–H and O–H groups in total. The molecule has 0 unspecified atom stereocenters. The summed E-state index contributed by atoms with van der Waals surface area (Å²) in [6.07, 6.45) is 3.59. The predicted octanol–water partition coefficient (Wildman–Crippen LogP) is 0.837. The first-order valence-electron chi connectivity index (χ1n) is 9.49. The Hall–Kier alpha value is -2.19. The number of rotatable bonds is 4. The lowest BCUT2D eigenvalue weighted by molar-refractivity contribution is -0.142. The second-order valence-corrected chi connectivity index (χ2v) is 9.41. The lowest BCUT2D eigenvalue weighted by Gasteiger charge is -2.45. The van der Waals surface area contributed by atoms with Gasteiger partial charge in [0.1, 0.15) is 0 Å². The van der Waals surface area contributed by atoms with Crippen molar-refractivity contribution in [1.82, 2.24) is 14.1 Å². The highest BCUT2D eigenvalue weighted by molar-refractivity contribution is 7.88. The summed E-state index contributed by atoms with van der Waals surface area (Å²) in [4.78, 5) is 29.1. The van der Waals surface area contributed by atoms with E-state index in [4.69, 9.17) is 0 Å². The summed E-state index contributed by atoms with van der Waals surface area (Å²) in [5, 5.41) is 0. The van der Waals surface area contributed by atoms with Crippen LogP contribution in [0.2, 0.25) is 0 Å². The van der Waals surface area contributed by atoms with Crippen LogP contribution in [0.15, 0.2) is 43.0 Å². The van der Waals surface area contributed by atoms with E-state index >= 15 is 0 Å². The highest BCUT2D eigenvalue weighted by Crippen LogP contribution is 2.38. The summed E-state index contributed by atoms with van der Waals surface area (Å²) < 4.78 is 24.9. The van der Waals surface area contributed by atoms with Crippen molar-refractivity contribution in [2.45, 2.75) is 18.3 Å². The number of hydrogen-bond acceptors (Lipinski definition) is 4. The molecule has 0 aromatic heterocycles. The number of piperidine rings is 1. The van der Waals surface area contributed by atoms with Gasteiger partial charge in [-0.2, -0.15) is 4.31 Å². The highest BCUT2D eigenvalue weighted by Gasteiger charge is 2.46. The second kappa shape index (κ2) is 8.05. The van der Waals surface area contributed by atoms with Crippen molar-refractivity contribution < 1.29 is 18.0 Å². The SMILES string of the molecule is C=CC(=O)N1CCC(C(=O)N2CCN(S(C)(=O)=O)CC2)(c2ccccc2)CC1. The van der Waals surface area contributed by atoms with Crippen LogP contribution in [0, 0.1) is 0 Å². The summed E-state index contributed by atoms with van der Waals surface area (Å²) in [6, 6.07) is 9.70. The molecule has 1 aromatic carbocycles. The third-order valence-electron chi connectivity index (χ3n) is 5.83. The molecular weight excluding hydrogens is 378 g/mol. The van der Waals surface area contributed by atoms with Crippen LogP contribution in [-0.4, -0.2) is 79.9 Å². The van der Waals surface area contributed by atoms with Gasteiger partial charge in [-0.15, -0.1) is 0 Å². The monoisotopic (exact) mass is 405 g/mol. The first kappa shape index (κ1) is 20.5. The van der Waals surface area contributed by atoms with Crippen LogP contribution in [0.25, 0.3) is 0 Å². The van der Waals surface area contributed by atoms with Crippen LogP contribution in [-0.2, 0) is 25.0 Å². The average molecular weight is 406 g/mol. The Kier molecular flexibility index (Phi) is 5.90. The summed E-state index contributed by atoms with van der Waals surface area (Å²) in [7, 11) is -3.25. The van der Waals surface area contributed by atoms with Crippen molar-refractivity contribution in [3.63, 3.8) is 0 Å². The normalized spacial score (nSPS) is 20.6. The van der Waals surface area contributed by atoms with Crippen LogP contribution in [0.1, 0.15) is 18.4 Å². The van der Waals surface area contributed by atoms with E-state index < -0.39 is 15.4 Å². The van der Waals surface area contributed by atoms with Crippen molar-refractivity contribution in [3.8, 4) is 0 Å². The van der Waals surface area contributed by atoms with Crippen LogP contribution in [0.3, 0.4) is 0 Å². The van der Waals surface area contributed by atoms with Crippen LogP contribution < -0.4 is 0 Å². The molecule has 0 bridgehead atoms. The maximum absolute atomic E-state index is 13.6. The van der Waals surface area contributed by atoms with E-state index in [0.29, 0.717) is 52.1 Å². The summed E-state index contributed by atoms with van der Waals surface area (Å²) in [5.74, 6) is -0.0894. The quantitative estimate of drug-likeness (QED) is 0.696. The van der Waals surface area contributed by atoms with E-state index in [9.17, 15) is 18.0 Å². The van der Waals surface area contributed by atoms with Gasteiger partial charge in [0.15, 0.2) is 0 Å². The molecule has 8 heteroatoms. The molecule has 1 aromatic rings. The van der Waals surface area contributed by atoms with E-state index in [1.54, 1.807) is 9.80 Å². The number of carbonyl (C=O) groups excluding carboxylic acids is 2. The number of hydrogen-bond donors (Lipinski definition) is 0. The molecule has 2 amide bonds. The van der Waals surface area contributed by atoms with E-state index in [-0.39, 0.29) is 11.8 Å². The molecule has 0 spiro atoms. The van der Waals surface area contributed by atoms with Gasteiger partial charge in [0, 0.05) is 39.3 Å². The van der Waals surface area contributed by atoms with E-state index in [2.05, 4.69) is 6.58 Å². The summed E-state index contributed by atoms with van der Waals surface area (Å²) in [6.45, 7) is 5.94. The van der Waals surface area contributed by atoms with Gasteiger partial charge in [-0.1, -0.05) is 36.9 Å². The average Bonchev–Trinajstić information content (AvgIpc) is 2.73. The van der Waals surface area contributed by atoms with Crippen molar-refractivity contribution in [2.75, 3.05) is 45.5 Å². The Morgan fingerprint density at radius 3 is 2.04 bits per heavy atom. The number of nitrogens with zero attached hydrogens (tertiary/aromatic N) is 3. The predicted molar refractivity (Wildman–Crippen MR) is 107 cm³/mol. The molecule has 2 heterocycles. The minimum atomic E-state index is -3.25. The number of likely N-dealkylation sites (tertiary alicyclic amines) is 1. The van der Waals surface area contributed by atoms with E-state index in [0.717, 1.165) is 5.56 Å². The third-order valence-corrected chi connectivity index (χ3v) is 7.14. The van der Waals surface area contributed by atoms with Gasteiger partial charge in [-0.05, 0) is 24.5 Å². The van der Waals surface area contributed by atoms with Gasteiger partial charge >= 0.3 is 0 Å². The molecule has 0 radical (unpaired) electrons. The number of amides is 2. The van der Waals surface area contributed by atoms with Crippen LogP contribution in [0.5, 0.6) is 0 Å². The smallest absolute Gasteiger partial charge is 0.245 e. The molecule has 3 rings (SSSR count). The largest absolute Gasteiger partial charge is 0.339 e. The molecule has 2 fully saturated rings. The number of piperazine rings is 1. The standard InChI is InChI=1S/C20H27N3O4S/c1-3-18(24)21-11-9-20(10-12-21,17-7-5-4-6-8-17)19(25)22-13-15-23(16-14-22)28(2,26)27/h3-8H,1,9-16H2,2H3. The first-order valence-corrected chi connectivity index (χ1v) is 11.3. The Balaban J connectivity index is 1.82. The van der Waals surface area contributed by atoms with Crippen LogP contribution >= 0.6 is 0 Å². The van der Waals surface area contributed by atoms with Gasteiger partial charge in [-0.3, -0.25) is 9.59 Å². The molecular formula is C20H27N3O4S. The molecule has 0 atom stereocenters. The van der Waals surface area contributed by atoms with Crippen molar-refractivity contribution in [1.29, 1.82) is 0 Å². The van der Waals surface area contributed by atoms with Crippen molar-refractivity contribution >= 4 is 21.8 Å². The molecule has 2 saturated heterocycles. The minimum absolute atomic E-state index is 0.0255. The fraction of sp³-hybridized carbons (Fsp3) is 0.500. The van der Waals surface area contributed by atoms with E-state index in [1.165, 1.54) is 16.6 Å². The highest BCUT2D eigenvalue weighted by atomic mass is 32.2. The topological polar surface area (TPSA) is 78.0 Å². The summed E-state index contributed by atoms with van der Waals surface area (Å²) in [5.41, 5.74) is 0.267. The first-order chi connectivity index (χ1) is 13.3. The molecule has 152 valence electrons. The van der Waals surface area contributed by atoms with Gasteiger partial charge in [-0.25, -0.2) is 8.42 Å². The van der Waals surface area contributed by atoms with E-state index in [1.807, 2.05) is 30.3 Å². The summed E-state index contributed by atoms with van der Waals surface area (Å²) >= 11 is 0. The van der Waals surface area contributed by atoms with Crippen molar-refractivity contribution in [3.05, 3.63) is 48.6 Å². The lowest BCUT2D eigenvalue weighted by atomic mass is 9.71. The fourth-order valence-electron chi connectivity index (χ4n) is 4.15. The molecule has 0 saturated carbocycles. The maximum Gasteiger partial charge on any atom is 0.245 e. The zero-order chi connectivity index (χ0) is 20.4. The lowest BCUT2D eigenvalue weighted by Crippen LogP contribution is -2.58. The Bertz CT molecular complexity index is 837. The third kappa shape index (κ3) is 3.98. The number of sulfonamides is 1. The Morgan fingerprint density at radius 1 is 0.964 bits per heavy atom. The zero-order valence-electron chi connectivity index (χ0n) is 16.2. The van der Waals surface area contributed by atoms with Crippen molar-refractivity contribution in [2.24, 2.45) is 0 Å². The zero-order valence-corrected chi connectivity index (χ0v) is 17.0. The van der Waals surface area contributed by atoms with Gasteiger partial charge in [0.2, 0.25) is 21.8 Å². The molecule has 28 heavy (non-hydrogen) atoms. The molecule has 2 aliphatic rings. The fourth-order valence-corrected chi connectivity index (χ4v) is 4.97.